The van der Waals surface area contributed by atoms with E-state index in [9.17, 15) is 9.59 Å². The predicted molar refractivity (Wildman–Crippen MR) is 75.4 cm³/mol. The number of rotatable bonds is 5. The van der Waals surface area contributed by atoms with Crippen molar-refractivity contribution in [3.8, 4) is 5.75 Å². The molecule has 0 radical (unpaired) electrons. The molecule has 2 rings (SSSR count). The smallest absolute Gasteiger partial charge is 0.242 e. The lowest BCUT2D eigenvalue weighted by atomic mass is 10.2. The van der Waals surface area contributed by atoms with Crippen LogP contribution in [-0.2, 0) is 9.59 Å². The molecule has 1 saturated heterocycles. The summed E-state index contributed by atoms with van der Waals surface area (Å²) in [5.41, 5.74) is 1.06. The molecule has 2 N–H and O–H groups in total. The van der Waals surface area contributed by atoms with Crippen LogP contribution in [0.15, 0.2) is 24.3 Å². The second kappa shape index (κ2) is 6.41. The van der Waals surface area contributed by atoms with Gasteiger partial charge in [0.25, 0.3) is 0 Å². The fourth-order valence-corrected chi connectivity index (χ4v) is 2.13. The van der Waals surface area contributed by atoms with E-state index in [1.807, 2.05) is 38.1 Å². The van der Waals surface area contributed by atoms with Crippen LogP contribution in [0.25, 0.3) is 0 Å². The number of hydrogen-bond acceptors (Lipinski definition) is 3. The van der Waals surface area contributed by atoms with Gasteiger partial charge in [-0.3, -0.25) is 9.59 Å². The van der Waals surface area contributed by atoms with Crippen molar-refractivity contribution < 1.29 is 14.3 Å². The van der Waals surface area contributed by atoms with Crippen molar-refractivity contribution in [2.45, 2.75) is 38.8 Å². The molecule has 2 atom stereocenters. The Morgan fingerprint density at radius 1 is 1.50 bits per heavy atom. The minimum atomic E-state index is -0.400. The molecule has 1 heterocycles. The largest absolute Gasteiger partial charge is 0.491 e. The quantitative estimate of drug-likeness (QED) is 0.848. The fourth-order valence-electron chi connectivity index (χ4n) is 2.13. The molecule has 0 aliphatic carbocycles. The zero-order valence-electron chi connectivity index (χ0n) is 11.8. The minimum Gasteiger partial charge on any atom is -0.491 e. The third kappa shape index (κ3) is 3.73. The van der Waals surface area contributed by atoms with Gasteiger partial charge in [-0.2, -0.15) is 0 Å². The first-order chi connectivity index (χ1) is 9.56. The van der Waals surface area contributed by atoms with E-state index in [0.717, 1.165) is 11.3 Å². The van der Waals surface area contributed by atoms with Gasteiger partial charge in [0.15, 0.2) is 0 Å². The Bertz CT molecular complexity index is 502. The van der Waals surface area contributed by atoms with Gasteiger partial charge in [-0.05, 0) is 31.9 Å². The van der Waals surface area contributed by atoms with Crippen LogP contribution in [-0.4, -0.2) is 30.5 Å². The number of para-hydroxylation sites is 1. The summed E-state index contributed by atoms with van der Waals surface area (Å²) >= 11 is 0. The van der Waals surface area contributed by atoms with Crippen molar-refractivity contribution in [1.29, 1.82) is 0 Å². The van der Waals surface area contributed by atoms with Crippen molar-refractivity contribution in [2.75, 3.05) is 6.61 Å². The van der Waals surface area contributed by atoms with Gasteiger partial charge >= 0.3 is 0 Å². The molecule has 1 aliphatic rings. The first kappa shape index (κ1) is 14.4. The van der Waals surface area contributed by atoms with Gasteiger partial charge in [0.2, 0.25) is 11.8 Å². The van der Waals surface area contributed by atoms with Crippen LogP contribution in [0.5, 0.6) is 5.75 Å². The van der Waals surface area contributed by atoms with Crippen LogP contribution in [0.3, 0.4) is 0 Å². The van der Waals surface area contributed by atoms with E-state index < -0.39 is 6.04 Å². The van der Waals surface area contributed by atoms with Crippen molar-refractivity contribution in [3.63, 3.8) is 0 Å². The van der Waals surface area contributed by atoms with Gasteiger partial charge in [-0.1, -0.05) is 18.2 Å². The van der Waals surface area contributed by atoms with Crippen molar-refractivity contribution in [1.82, 2.24) is 10.6 Å². The minimum absolute atomic E-state index is 0.0611. The third-order valence-electron chi connectivity index (χ3n) is 3.28. The SMILES string of the molecule is Cc1ccccc1OCC(C)NC(=O)C1CCC(=O)N1. The summed E-state index contributed by atoms with van der Waals surface area (Å²) in [6.07, 6.45) is 0.988. The van der Waals surface area contributed by atoms with Gasteiger partial charge in [0, 0.05) is 6.42 Å². The fraction of sp³-hybridized carbons (Fsp3) is 0.467. The highest BCUT2D eigenvalue weighted by Crippen LogP contribution is 2.16. The number of amides is 2. The van der Waals surface area contributed by atoms with E-state index in [1.54, 1.807) is 0 Å². The lowest BCUT2D eigenvalue weighted by Gasteiger charge is -2.18. The number of nitrogens with one attached hydrogen (secondary N) is 2. The van der Waals surface area contributed by atoms with E-state index in [4.69, 9.17) is 4.74 Å². The highest BCUT2D eigenvalue weighted by Gasteiger charge is 2.27. The number of carbonyl (C=O) groups is 2. The van der Waals surface area contributed by atoms with E-state index in [1.165, 1.54) is 0 Å². The second-order valence-electron chi connectivity index (χ2n) is 5.14. The van der Waals surface area contributed by atoms with E-state index in [-0.39, 0.29) is 17.9 Å². The Hall–Kier alpha value is -2.04. The second-order valence-corrected chi connectivity index (χ2v) is 5.14. The topological polar surface area (TPSA) is 67.4 Å². The molecular formula is C15H20N2O3. The Balaban J connectivity index is 1.78. The van der Waals surface area contributed by atoms with Crippen LogP contribution >= 0.6 is 0 Å². The maximum absolute atomic E-state index is 11.9. The molecule has 0 saturated carbocycles. The normalized spacial score (nSPS) is 19.3. The van der Waals surface area contributed by atoms with Gasteiger partial charge in [0.05, 0.1) is 6.04 Å². The van der Waals surface area contributed by atoms with Crippen LogP contribution < -0.4 is 15.4 Å². The van der Waals surface area contributed by atoms with Gasteiger partial charge < -0.3 is 15.4 Å². The third-order valence-corrected chi connectivity index (χ3v) is 3.28. The number of ether oxygens (including phenoxy) is 1. The molecule has 5 heteroatoms. The summed E-state index contributed by atoms with van der Waals surface area (Å²) in [5, 5.41) is 5.50. The molecule has 20 heavy (non-hydrogen) atoms. The molecule has 1 aromatic rings. The molecule has 2 amide bonds. The number of aryl methyl sites for hydroxylation is 1. The first-order valence-corrected chi connectivity index (χ1v) is 6.84. The molecular weight excluding hydrogens is 256 g/mol. The Morgan fingerprint density at radius 3 is 2.90 bits per heavy atom. The maximum atomic E-state index is 11.9. The zero-order chi connectivity index (χ0) is 14.5. The van der Waals surface area contributed by atoms with Crippen molar-refractivity contribution in [2.24, 2.45) is 0 Å². The van der Waals surface area contributed by atoms with E-state index in [0.29, 0.717) is 19.4 Å². The maximum Gasteiger partial charge on any atom is 0.242 e. The number of benzene rings is 1. The van der Waals surface area contributed by atoms with Crippen LogP contribution in [0.4, 0.5) is 0 Å². The van der Waals surface area contributed by atoms with Gasteiger partial charge in [-0.15, -0.1) is 0 Å². The molecule has 0 aromatic heterocycles. The van der Waals surface area contributed by atoms with Gasteiger partial charge in [-0.25, -0.2) is 0 Å². The van der Waals surface area contributed by atoms with E-state index in [2.05, 4.69) is 10.6 Å². The van der Waals surface area contributed by atoms with Crippen molar-refractivity contribution >= 4 is 11.8 Å². The summed E-state index contributed by atoms with van der Waals surface area (Å²) in [7, 11) is 0. The molecule has 0 spiro atoms. The number of hydrogen-bond donors (Lipinski definition) is 2. The molecule has 1 aromatic carbocycles. The lowest BCUT2D eigenvalue weighted by molar-refractivity contribution is -0.126. The lowest BCUT2D eigenvalue weighted by Crippen LogP contribution is -2.46. The van der Waals surface area contributed by atoms with Gasteiger partial charge in [0.1, 0.15) is 18.4 Å². The van der Waals surface area contributed by atoms with Crippen LogP contribution in [0.2, 0.25) is 0 Å². The zero-order valence-corrected chi connectivity index (χ0v) is 11.8. The highest BCUT2D eigenvalue weighted by molar-refractivity contribution is 5.90. The first-order valence-electron chi connectivity index (χ1n) is 6.84. The standard InChI is InChI=1S/C15H20N2O3/c1-10-5-3-4-6-13(10)20-9-11(2)16-15(19)12-7-8-14(18)17-12/h3-6,11-12H,7-9H2,1-2H3,(H,16,19)(H,17,18). The van der Waals surface area contributed by atoms with Crippen molar-refractivity contribution in [3.05, 3.63) is 29.8 Å². The summed E-state index contributed by atoms with van der Waals surface area (Å²) in [4.78, 5) is 23.0. The Kier molecular flexibility index (Phi) is 4.61. The monoisotopic (exact) mass is 276 g/mol. The average Bonchev–Trinajstić information content (AvgIpc) is 2.84. The predicted octanol–water partition coefficient (Wildman–Crippen LogP) is 1.16. The summed E-state index contributed by atoms with van der Waals surface area (Å²) in [6, 6.07) is 7.24. The molecule has 108 valence electrons. The summed E-state index contributed by atoms with van der Waals surface area (Å²) < 4.78 is 5.68. The molecule has 2 unspecified atom stereocenters. The number of carbonyl (C=O) groups excluding carboxylic acids is 2. The van der Waals surface area contributed by atoms with Crippen LogP contribution in [0.1, 0.15) is 25.3 Å². The average molecular weight is 276 g/mol. The molecule has 1 fully saturated rings. The Labute approximate surface area is 118 Å². The molecule has 0 bridgehead atoms. The Morgan fingerprint density at radius 2 is 2.25 bits per heavy atom. The highest BCUT2D eigenvalue weighted by atomic mass is 16.5. The summed E-state index contributed by atoms with van der Waals surface area (Å²) in [6.45, 7) is 4.26. The van der Waals surface area contributed by atoms with Crippen LogP contribution in [0, 0.1) is 6.92 Å². The summed E-state index contributed by atoms with van der Waals surface area (Å²) in [5.74, 6) is 0.619. The molecule has 1 aliphatic heterocycles. The molecule has 5 nitrogen and oxygen atoms in total. The van der Waals surface area contributed by atoms with E-state index >= 15 is 0 Å².